The molecular formula is C21H32O2. The van der Waals surface area contributed by atoms with E-state index in [1.165, 1.54) is 24.8 Å². The number of hydrogen-bond donors (Lipinski definition) is 2. The molecule has 1 aromatic rings. The molecule has 0 radical (unpaired) electrons. The van der Waals surface area contributed by atoms with Crippen molar-refractivity contribution in [1.82, 2.24) is 0 Å². The van der Waals surface area contributed by atoms with Gasteiger partial charge in [-0.1, -0.05) is 47.1 Å². The van der Waals surface area contributed by atoms with E-state index in [-0.39, 0.29) is 16.7 Å². The molecule has 0 aromatic heterocycles. The van der Waals surface area contributed by atoms with E-state index in [4.69, 9.17) is 0 Å². The fourth-order valence-electron chi connectivity index (χ4n) is 5.69. The number of aromatic hydroxyl groups is 1. The number of benzene rings is 1. The van der Waals surface area contributed by atoms with Crippen molar-refractivity contribution in [2.75, 3.05) is 0 Å². The lowest BCUT2D eigenvalue weighted by molar-refractivity contribution is -0.0582. The largest absolute Gasteiger partial charge is 0.508 e. The van der Waals surface area contributed by atoms with Crippen LogP contribution in [0.2, 0.25) is 0 Å². The van der Waals surface area contributed by atoms with Crippen LogP contribution >= 0.6 is 0 Å². The van der Waals surface area contributed by atoms with E-state index < -0.39 is 5.60 Å². The monoisotopic (exact) mass is 316 g/mol. The Labute approximate surface area is 140 Å². The maximum Gasteiger partial charge on any atom is 0.119 e. The van der Waals surface area contributed by atoms with Gasteiger partial charge >= 0.3 is 0 Å². The minimum absolute atomic E-state index is 0.0939. The average Bonchev–Trinajstić information content (AvgIpc) is 2.41. The molecule has 1 aromatic carbocycles. The van der Waals surface area contributed by atoms with Crippen LogP contribution in [-0.4, -0.2) is 10.2 Å². The number of rotatable bonds is 1. The molecule has 0 aliphatic heterocycles. The van der Waals surface area contributed by atoms with Gasteiger partial charge in [-0.3, -0.25) is 0 Å². The van der Waals surface area contributed by atoms with Gasteiger partial charge in [0.25, 0.3) is 0 Å². The fraction of sp³-hybridized carbons (Fsp3) is 0.714. The van der Waals surface area contributed by atoms with Gasteiger partial charge in [0.05, 0.1) is 5.60 Å². The first-order chi connectivity index (χ1) is 10.5. The Morgan fingerprint density at radius 1 is 1.09 bits per heavy atom. The molecule has 0 bridgehead atoms. The van der Waals surface area contributed by atoms with Gasteiger partial charge in [0, 0.05) is 5.56 Å². The molecule has 3 unspecified atom stereocenters. The first kappa shape index (κ1) is 16.8. The molecule has 0 heterocycles. The number of hydrogen-bond acceptors (Lipinski definition) is 2. The first-order valence-corrected chi connectivity index (χ1v) is 9.10. The van der Waals surface area contributed by atoms with Crippen LogP contribution in [0, 0.1) is 11.3 Å². The molecule has 3 atom stereocenters. The highest BCUT2D eigenvalue weighted by Gasteiger charge is 2.55. The summed E-state index contributed by atoms with van der Waals surface area (Å²) in [6, 6.07) is 3.93. The van der Waals surface area contributed by atoms with Crippen molar-refractivity contribution >= 4 is 0 Å². The zero-order valence-corrected chi connectivity index (χ0v) is 15.5. The van der Waals surface area contributed by atoms with E-state index in [1.807, 2.05) is 13.0 Å². The van der Waals surface area contributed by atoms with Crippen molar-refractivity contribution in [3.63, 3.8) is 0 Å². The van der Waals surface area contributed by atoms with Crippen molar-refractivity contribution in [3.05, 3.63) is 28.8 Å². The summed E-state index contributed by atoms with van der Waals surface area (Å²) in [6.45, 7) is 13.3. The average molecular weight is 316 g/mol. The Hall–Kier alpha value is -1.02. The highest BCUT2D eigenvalue weighted by Crippen LogP contribution is 2.61. The van der Waals surface area contributed by atoms with E-state index in [9.17, 15) is 10.2 Å². The molecule has 2 nitrogen and oxygen atoms in total. The van der Waals surface area contributed by atoms with E-state index in [1.54, 1.807) is 0 Å². The van der Waals surface area contributed by atoms with Gasteiger partial charge in [-0.2, -0.15) is 0 Å². The van der Waals surface area contributed by atoms with Gasteiger partial charge < -0.3 is 10.2 Å². The van der Waals surface area contributed by atoms with Crippen LogP contribution in [0.1, 0.15) is 89.8 Å². The molecular weight excluding hydrogens is 284 g/mol. The second kappa shape index (κ2) is 4.99. The van der Waals surface area contributed by atoms with Crippen molar-refractivity contribution < 1.29 is 10.2 Å². The summed E-state index contributed by atoms with van der Waals surface area (Å²) in [7, 11) is 0. The van der Waals surface area contributed by atoms with Crippen LogP contribution in [0.4, 0.5) is 0 Å². The van der Waals surface area contributed by atoms with Crippen LogP contribution in [0.3, 0.4) is 0 Å². The normalized spacial score (nSPS) is 35.7. The molecule has 2 aliphatic carbocycles. The maximum absolute atomic E-state index is 11.4. The Morgan fingerprint density at radius 2 is 1.74 bits per heavy atom. The highest BCUT2D eigenvalue weighted by atomic mass is 16.3. The van der Waals surface area contributed by atoms with Crippen molar-refractivity contribution in [2.45, 2.75) is 84.2 Å². The quantitative estimate of drug-likeness (QED) is 0.746. The van der Waals surface area contributed by atoms with Crippen LogP contribution in [0.15, 0.2) is 12.1 Å². The van der Waals surface area contributed by atoms with Gasteiger partial charge in [0.2, 0.25) is 0 Å². The Morgan fingerprint density at radius 3 is 2.35 bits per heavy atom. The summed E-state index contributed by atoms with van der Waals surface area (Å²) in [4.78, 5) is 0. The van der Waals surface area contributed by atoms with E-state index in [0.717, 1.165) is 17.5 Å². The number of fused-ring (bicyclic) bond motifs is 3. The molecule has 0 amide bonds. The zero-order chi connectivity index (χ0) is 17.2. The number of aliphatic hydroxyl groups is 1. The zero-order valence-electron chi connectivity index (χ0n) is 15.5. The third-order valence-corrected chi connectivity index (χ3v) is 6.78. The van der Waals surface area contributed by atoms with E-state index >= 15 is 0 Å². The third-order valence-electron chi connectivity index (χ3n) is 6.78. The van der Waals surface area contributed by atoms with E-state index in [2.05, 4.69) is 40.7 Å². The van der Waals surface area contributed by atoms with Crippen molar-refractivity contribution in [3.8, 4) is 5.75 Å². The van der Waals surface area contributed by atoms with Gasteiger partial charge in [-0.25, -0.2) is 0 Å². The van der Waals surface area contributed by atoms with Crippen LogP contribution in [0.5, 0.6) is 5.75 Å². The smallest absolute Gasteiger partial charge is 0.119 e. The molecule has 0 saturated heterocycles. The second-order valence-corrected chi connectivity index (χ2v) is 9.37. The molecule has 2 N–H and O–H groups in total. The molecule has 23 heavy (non-hydrogen) atoms. The SMILES string of the molecule is CC(C)c1c(O)ccc2c1C(C)(O)CC1C(C)(C)CCCC21C. The fourth-order valence-corrected chi connectivity index (χ4v) is 5.69. The molecule has 1 fully saturated rings. The molecule has 1 saturated carbocycles. The summed E-state index contributed by atoms with van der Waals surface area (Å²) in [5.41, 5.74) is 2.68. The lowest BCUT2D eigenvalue weighted by Gasteiger charge is -2.58. The lowest BCUT2D eigenvalue weighted by atomic mass is 9.48. The molecule has 2 heteroatoms. The molecule has 0 spiro atoms. The standard InChI is InChI=1S/C21H32O2/c1-13(2)17-15(22)9-8-14-18(17)21(6,23)12-16-19(3,4)10-7-11-20(14,16)5/h8-9,13,16,22-23H,7,10-12H2,1-6H3. The number of phenolic OH excluding ortho intramolecular Hbond substituents is 1. The van der Waals surface area contributed by atoms with Gasteiger partial charge in [0.1, 0.15) is 5.75 Å². The Kier molecular flexibility index (Phi) is 3.65. The highest BCUT2D eigenvalue weighted by molar-refractivity contribution is 5.53. The summed E-state index contributed by atoms with van der Waals surface area (Å²) >= 11 is 0. The second-order valence-electron chi connectivity index (χ2n) is 9.37. The van der Waals surface area contributed by atoms with E-state index in [0.29, 0.717) is 11.7 Å². The predicted molar refractivity (Wildman–Crippen MR) is 94.9 cm³/mol. The summed E-state index contributed by atoms with van der Waals surface area (Å²) in [5, 5.41) is 21.8. The van der Waals surface area contributed by atoms with Gasteiger partial charge in [-0.15, -0.1) is 0 Å². The molecule has 128 valence electrons. The van der Waals surface area contributed by atoms with Crippen LogP contribution in [-0.2, 0) is 11.0 Å². The van der Waals surface area contributed by atoms with Gasteiger partial charge in [0.15, 0.2) is 0 Å². The third kappa shape index (κ3) is 2.33. The summed E-state index contributed by atoms with van der Waals surface area (Å²) < 4.78 is 0. The predicted octanol–water partition coefficient (Wildman–Crippen LogP) is 5.21. The number of phenols is 1. The van der Waals surface area contributed by atoms with Crippen molar-refractivity contribution in [1.29, 1.82) is 0 Å². The van der Waals surface area contributed by atoms with Crippen molar-refractivity contribution in [2.24, 2.45) is 11.3 Å². The van der Waals surface area contributed by atoms with Crippen LogP contribution < -0.4 is 0 Å². The van der Waals surface area contributed by atoms with Crippen LogP contribution in [0.25, 0.3) is 0 Å². The topological polar surface area (TPSA) is 40.5 Å². The maximum atomic E-state index is 11.4. The Bertz CT molecular complexity index is 627. The summed E-state index contributed by atoms with van der Waals surface area (Å²) in [6.07, 6.45) is 4.42. The first-order valence-electron chi connectivity index (χ1n) is 9.10. The molecule has 2 aliphatic rings. The molecule has 3 rings (SSSR count). The minimum atomic E-state index is -0.869. The lowest BCUT2D eigenvalue weighted by Crippen LogP contribution is -2.52. The van der Waals surface area contributed by atoms with Gasteiger partial charge in [-0.05, 0) is 66.0 Å². The summed E-state index contributed by atoms with van der Waals surface area (Å²) in [5.74, 6) is 1.00. The Balaban J connectivity index is 2.30. The minimum Gasteiger partial charge on any atom is -0.508 e.